The molecule has 104 valence electrons. The lowest BCUT2D eigenvalue weighted by atomic mass is 10.2. The fourth-order valence-electron chi connectivity index (χ4n) is 1.73. The third-order valence-electron chi connectivity index (χ3n) is 2.65. The van der Waals surface area contributed by atoms with Gasteiger partial charge in [-0.25, -0.2) is 4.79 Å². The van der Waals surface area contributed by atoms with Crippen molar-refractivity contribution in [1.82, 2.24) is 0 Å². The molecule has 4 nitrogen and oxygen atoms in total. The van der Waals surface area contributed by atoms with Crippen molar-refractivity contribution >= 4 is 5.97 Å². The molecule has 0 saturated carbocycles. The van der Waals surface area contributed by atoms with E-state index in [1.807, 2.05) is 25.1 Å². The summed E-state index contributed by atoms with van der Waals surface area (Å²) in [5.41, 5.74) is 0.415. The Kier molecular flexibility index (Phi) is 4.60. The van der Waals surface area contributed by atoms with Crippen LogP contribution in [0.5, 0.6) is 17.2 Å². The van der Waals surface area contributed by atoms with Gasteiger partial charge in [-0.05, 0) is 37.3 Å². The molecule has 0 bridgehead atoms. The molecule has 0 amide bonds. The molecule has 0 aromatic heterocycles. The summed E-state index contributed by atoms with van der Waals surface area (Å²) in [7, 11) is 1.56. The molecule has 0 aliphatic heterocycles. The van der Waals surface area contributed by atoms with E-state index in [1.54, 1.807) is 37.4 Å². The Bertz CT molecular complexity index is 578. The second kappa shape index (κ2) is 6.61. The molecule has 0 saturated heterocycles. The average Bonchev–Trinajstić information content (AvgIpc) is 2.48. The first-order chi connectivity index (χ1) is 9.74. The molecular formula is C16H16O4. The highest BCUT2D eigenvalue weighted by atomic mass is 16.5. The minimum absolute atomic E-state index is 0.415. The maximum Gasteiger partial charge on any atom is 0.343 e. The molecule has 0 heterocycles. The number of esters is 1. The van der Waals surface area contributed by atoms with Crippen molar-refractivity contribution in [2.24, 2.45) is 0 Å². The number of hydrogen-bond donors (Lipinski definition) is 0. The molecule has 2 aromatic carbocycles. The van der Waals surface area contributed by atoms with Gasteiger partial charge < -0.3 is 14.2 Å². The Morgan fingerprint density at radius 2 is 1.80 bits per heavy atom. The molecule has 2 rings (SSSR count). The van der Waals surface area contributed by atoms with Crippen LogP contribution in [0, 0.1) is 0 Å². The predicted octanol–water partition coefficient (Wildman–Crippen LogP) is 3.31. The van der Waals surface area contributed by atoms with Gasteiger partial charge in [0.1, 0.15) is 5.75 Å². The van der Waals surface area contributed by atoms with Crippen molar-refractivity contribution in [3.63, 3.8) is 0 Å². The lowest BCUT2D eigenvalue weighted by molar-refractivity contribution is 0.0734. The maximum atomic E-state index is 12.1. The zero-order chi connectivity index (χ0) is 14.4. The number of rotatable bonds is 5. The summed E-state index contributed by atoms with van der Waals surface area (Å²) in [4.78, 5) is 12.1. The van der Waals surface area contributed by atoms with Crippen molar-refractivity contribution in [3.8, 4) is 17.2 Å². The van der Waals surface area contributed by atoms with E-state index < -0.39 is 5.97 Å². The van der Waals surface area contributed by atoms with Gasteiger partial charge in [0.15, 0.2) is 11.5 Å². The Balaban J connectivity index is 2.19. The maximum absolute atomic E-state index is 12.1. The van der Waals surface area contributed by atoms with Crippen LogP contribution in [0.4, 0.5) is 0 Å². The van der Waals surface area contributed by atoms with E-state index in [4.69, 9.17) is 14.2 Å². The summed E-state index contributed by atoms with van der Waals surface area (Å²) in [5, 5.41) is 0. The van der Waals surface area contributed by atoms with Gasteiger partial charge in [0, 0.05) is 0 Å². The summed E-state index contributed by atoms with van der Waals surface area (Å²) in [5.74, 6) is 1.19. The van der Waals surface area contributed by atoms with Crippen LogP contribution >= 0.6 is 0 Å². The Morgan fingerprint density at radius 3 is 2.45 bits per heavy atom. The van der Waals surface area contributed by atoms with Crippen LogP contribution in [0.2, 0.25) is 0 Å². The van der Waals surface area contributed by atoms with Crippen LogP contribution in [0.25, 0.3) is 0 Å². The molecule has 2 aromatic rings. The SMILES string of the molecule is CCOc1cc(C(=O)Oc2ccccc2)ccc1OC. The van der Waals surface area contributed by atoms with E-state index in [9.17, 15) is 4.79 Å². The van der Waals surface area contributed by atoms with Crippen molar-refractivity contribution in [2.45, 2.75) is 6.92 Å². The molecule has 0 unspecified atom stereocenters. The number of ether oxygens (including phenoxy) is 3. The zero-order valence-electron chi connectivity index (χ0n) is 11.5. The summed E-state index contributed by atoms with van der Waals surface area (Å²) in [6, 6.07) is 13.9. The molecule has 0 atom stereocenters. The lowest BCUT2D eigenvalue weighted by Crippen LogP contribution is -2.09. The summed E-state index contributed by atoms with van der Waals surface area (Å²) in [6.45, 7) is 2.36. The largest absolute Gasteiger partial charge is 0.493 e. The van der Waals surface area contributed by atoms with Gasteiger partial charge in [0.2, 0.25) is 0 Å². The highest BCUT2D eigenvalue weighted by molar-refractivity contribution is 5.91. The fourth-order valence-corrected chi connectivity index (χ4v) is 1.73. The lowest BCUT2D eigenvalue weighted by Gasteiger charge is -2.10. The molecule has 0 N–H and O–H groups in total. The molecule has 4 heteroatoms. The number of carbonyl (C=O) groups is 1. The first-order valence-electron chi connectivity index (χ1n) is 6.32. The third-order valence-corrected chi connectivity index (χ3v) is 2.65. The summed E-state index contributed by atoms with van der Waals surface area (Å²) >= 11 is 0. The van der Waals surface area contributed by atoms with Crippen LogP contribution in [-0.2, 0) is 0 Å². The summed E-state index contributed by atoms with van der Waals surface area (Å²) < 4.78 is 15.9. The Morgan fingerprint density at radius 1 is 1.05 bits per heavy atom. The first-order valence-corrected chi connectivity index (χ1v) is 6.32. The van der Waals surface area contributed by atoms with Gasteiger partial charge in [0.05, 0.1) is 19.3 Å². The number of benzene rings is 2. The van der Waals surface area contributed by atoms with Crippen molar-refractivity contribution < 1.29 is 19.0 Å². The van der Waals surface area contributed by atoms with Crippen LogP contribution in [0.15, 0.2) is 48.5 Å². The summed E-state index contributed by atoms with van der Waals surface area (Å²) in [6.07, 6.45) is 0. The van der Waals surface area contributed by atoms with Crippen molar-refractivity contribution in [1.29, 1.82) is 0 Å². The second-order valence-corrected chi connectivity index (χ2v) is 4.00. The van der Waals surface area contributed by atoms with Gasteiger partial charge in [-0.15, -0.1) is 0 Å². The van der Waals surface area contributed by atoms with E-state index in [-0.39, 0.29) is 0 Å². The quantitative estimate of drug-likeness (QED) is 0.618. The number of carbonyl (C=O) groups excluding carboxylic acids is 1. The van der Waals surface area contributed by atoms with Crippen LogP contribution in [0.1, 0.15) is 17.3 Å². The van der Waals surface area contributed by atoms with Gasteiger partial charge in [-0.3, -0.25) is 0 Å². The van der Waals surface area contributed by atoms with Gasteiger partial charge in [-0.2, -0.15) is 0 Å². The zero-order valence-corrected chi connectivity index (χ0v) is 11.5. The minimum atomic E-state index is -0.431. The average molecular weight is 272 g/mol. The van der Waals surface area contributed by atoms with E-state index in [1.165, 1.54) is 0 Å². The highest BCUT2D eigenvalue weighted by Crippen LogP contribution is 2.28. The highest BCUT2D eigenvalue weighted by Gasteiger charge is 2.12. The standard InChI is InChI=1S/C16H16O4/c1-3-19-15-11-12(9-10-14(15)18-2)16(17)20-13-7-5-4-6-8-13/h4-11H,3H2,1-2H3. The van der Waals surface area contributed by atoms with Crippen LogP contribution in [0.3, 0.4) is 0 Å². The van der Waals surface area contributed by atoms with Gasteiger partial charge in [0.25, 0.3) is 0 Å². The minimum Gasteiger partial charge on any atom is -0.493 e. The smallest absolute Gasteiger partial charge is 0.343 e. The van der Waals surface area contributed by atoms with E-state index in [0.717, 1.165) is 0 Å². The normalized spacial score (nSPS) is 9.90. The molecule has 0 aliphatic carbocycles. The van der Waals surface area contributed by atoms with E-state index in [0.29, 0.717) is 29.4 Å². The molecule has 20 heavy (non-hydrogen) atoms. The van der Waals surface area contributed by atoms with E-state index >= 15 is 0 Å². The van der Waals surface area contributed by atoms with Crippen LogP contribution < -0.4 is 14.2 Å². The number of para-hydroxylation sites is 1. The molecule has 0 fully saturated rings. The Labute approximate surface area is 117 Å². The molecule has 0 spiro atoms. The predicted molar refractivity (Wildman–Crippen MR) is 75.6 cm³/mol. The van der Waals surface area contributed by atoms with Crippen molar-refractivity contribution in [3.05, 3.63) is 54.1 Å². The number of methoxy groups -OCH3 is 1. The molecular weight excluding hydrogens is 256 g/mol. The fraction of sp³-hybridized carbons (Fsp3) is 0.188. The van der Waals surface area contributed by atoms with Crippen molar-refractivity contribution in [2.75, 3.05) is 13.7 Å². The first kappa shape index (κ1) is 13.9. The molecule has 0 radical (unpaired) electrons. The molecule has 0 aliphatic rings. The Hall–Kier alpha value is -2.49. The van der Waals surface area contributed by atoms with Gasteiger partial charge >= 0.3 is 5.97 Å². The topological polar surface area (TPSA) is 44.8 Å². The monoisotopic (exact) mass is 272 g/mol. The van der Waals surface area contributed by atoms with Gasteiger partial charge in [-0.1, -0.05) is 18.2 Å². The second-order valence-electron chi connectivity index (χ2n) is 4.00. The number of hydrogen-bond acceptors (Lipinski definition) is 4. The van der Waals surface area contributed by atoms with Crippen LogP contribution in [-0.4, -0.2) is 19.7 Å². The third kappa shape index (κ3) is 3.29. The van der Waals surface area contributed by atoms with E-state index in [2.05, 4.69) is 0 Å².